The molecule has 20 heavy (non-hydrogen) atoms. The van der Waals surface area contributed by atoms with Gasteiger partial charge in [-0.15, -0.1) is 0 Å². The van der Waals surface area contributed by atoms with Gasteiger partial charge in [-0.2, -0.15) is 0 Å². The number of unbranched alkanes of at least 4 members (excludes halogenated alkanes) is 2. The van der Waals surface area contributed by atoms with Gasteiger partial charge >= 0.3 is 5.97 Å². The zero-order valence-corrected chi connectivity index (χ0v) is 13.5. The van der Waals surface area contributed by atoms with E-state index in [1.165, 1.54) is 6.08 Å². The number of nitrogens with one attached hydrogen (secondary N) is 1. The summed E-state index contributed by atoms with van der Waals surface area (Å²) in [5, 5.41) is 11.0. The number of carboxylic acids is 1. The first-order chi connectivity index (χ1) is 9.14. The van der Waals surface area contributed by atoms with Crippen LogP contribution in [0.1, 0.15) is 46.5 Å². The number of carboxylic acid groups (broad SMARTS) is 1. The summed E-state index contributed by atoms with van der Waals surface area (Å²) in [4.78, 5) is 22.9. The van der Waals surface area contributed by atoms with Crippen LogP contribution < -0.4 is 5.32 Å². The Hall–Kier alpha value is -1.36. The van der Waals surface area contributed by atoms with Crippen molar-refractivity contribution in [3.05, 3.63) is 12.7 Å². The van der Waals surface area contributed by atoms with Crippen molar-refractivity contribution in [3.8, 4) is 0 Å². The average molecular weight is 286 g/mol. The Morgan fingerprint density at radius 1 is 1.30 bits per heavy atom. The molecule has 118 valence electrons. The number of carbonyl (C=O) groups is 2. The molecule has 0 aliphatic heterocycles. The summed E-state index contributed by atoms with van der Waals surface area (Å²) >= 11 is 0. The molecule has 2 N–H and O–H groups in total. The van der Waals surface area contributed by atoms with Crippen molar-refractivity contribution in [3.63, 3.8) is 0 Å². The van der Waals surface area contributed by atoms with E-state index in [-0.39, 0.29) is 11.4 Å². The molecule has 0 radical (unpaired) electrons. The summed E-state index contributed by atoms with van der Waals surface area (Å²) in [6.45, 7) is 10.2. The van der Waals surface area contributed by atoms with E-state index in [0.717, 1.165) is 25.8 Å². The summed E-state index contributed by atoms with van der Waals surface area (Å²) in [5.74, 6) is -0.805. The van der Waals surface area contributed by atoms with Crippen LogP contribution in [0, 0.1) is 0 Å². The first-order valence-electron chi connectivity index (χ1n) is 6.95. The van der Waals surface area contributed by atoms with Crippen LogP contribution in [0.15, 0.2) is 12.7 Å². The lowest BCUT2D eigenvalue weighted by Gasteiger charge is -2.28. The van der Waals surface area contributed by atoms with Crippen molar-refractivity contribution < 1.29 is 14.7 Å². The summed E-state index contributed by atoms with van der Waals surface area (Å²) in [6.07, 6.45) is 4.57. The second-order valence-electron chi connectivity index (χ2n) is 5.67. The van der Waals surface area contributed by atoms with Gasteiger partial charge in [-0.1, -0.05) is 26.3 Å². The lowest BCUT2D eigenvalue weighted by atomic mass is 10.1. The minimum Gasteiger partial charge on any atom is -0.481 e. The van der Waals surface area contributed by atoms with Crippen molar-refractivity contribution in [2.45, 2.75) is 52.0 Å². The van der Waals surface area contributed by atoms with Gasteiger partial charge in [-0.05, 0) is 40.4 Å². The van der Waals surface area contributed by atoms with E-state index in [1.807, 2.05) is 32.8 Å². The summed E-state index contributed by atoms with van der Waals surface area (Å²) < 4.78 is 0. The van der Waals surface area contributed by atoms with Crippen LogP contribution in [-0.4, -0.2) is 48.1 Å². The van der Waals surface area contributed by atoms with E-state index in [2.05, 4.69) is 18.8 Å². The smallest absolute Gasteiger partial charge is 0.303 e. The van der Waals surface area contributed by atoms with Crippen LogP contribution in [0.25, 0.3) is 0 Å². The van der Waals surface area contributed by atoms with Crippen molar-refractivity contribution in [2.24, 2.45) is 0 Å². The molecule has 0 saturated carbocycles. The van der Waals surface area contributed by atoms with E-state index < -0.39 is 5.97 Å². The maximum absolute atomic E-state index is 11.0. The Labute approximate surface area is 123 Å². The summed E-state index contributed by atoms with van der Waals surface area (Å²) in [5.41, 5.74) is -0.200. The van der Waals surface area contributed by atoms with E-state index >= 15 is 0 Å². The number of aliphatic carboxylic acids is 1. The minimum atomic E-state index is -0.682. The Morgan fingerprint density at radius 3 is 2.20 bits per heavy atom. The van der Waals surface area contributed by atoms with Gasteiger partial charge < -0.3 is 15.3 Å². The Morgan fingerprint density at radius 2 is 1.85 bits per heavy atom. The Kier molecular flexibility index (Phi) is 12.0. The zero-order valence-electron chi connectivity index (χ0n) is 13.5. The highest BCUT2D eigenvalue weighted by molar-refractivity contribution is 5.87. The van der Waals surface area contributed by atoms with Crippen LogP contribution in [0.4, 0.5) is 0 Å². The first kappa shape index (κ1) is 20.9. The maximum atomic E-state index is 11.0. The number of likely N-dealkylation sites (N-methyl/N-ethyl adjacent to an activating group) is 1. The van der Waals surface area contributed by atoms with Crippen LogP contribution in [0.2, 0.25) is 0 Å². The average Bonchev–Trinajstić information content (AvgIpc) is 2.27. The molecule has 0 atom stereocenters. The van der Waals surface area contributed by atoms with Crippen LogP contribution in [0.3, 0.4) is 0 Å². The Bertz CT molecular complexity index is 299. The van der Waals surface area contributed by atoms with Gasteiger partial charge in [0.1, 0.15) is 0 Å². The first-order valence-corrected chi connectivity index (χ1v) is 6.95. The molecule has 0 unspecified atom stereocenters. The monoisotopic (exact) mass is 286 g/mol. The quantitative estimate of drug-likeness (QED) is 0.530. The van der Waals surface area contributed by atoms with Crippen molar-refractivity contribution in [2.75, 3.05) is 20.6 Å². The highest BCUT2D eigenvalue weighted by Gasteiger charge is 2.19. The highest BCUT2D eigenvalue weighted by Crippen LogP contribution is 2.02. The maximum Gasteiger partial charge on any atom is 0.303 e. The molecule has 5 nitrogen and oxygen atoms in total. The molecule has 0 aliphatic rings. The van der Waals surface area contributed by atoms with Gasteiger partial charge in [0.05, 0.1) is 0 Å². The molecule has 1 amide bonds. The predicted molar refractivity (Wildman–Crippen MR) is 82.8 cm³/mol. The molecule has 0 spiro atoms. The summed E-state index contributed by atoms with van der Waals surface area (Å²) in [7, 11) is 3.95. The molecule has 0 aromatic carbocycles. The van der Waals surface area contributed by atoms with Gasteiger partial charge in [0, 0.05) is 18.5 Å². The molecular formula is C15H30N2O3. The standard InChI is InChI=1S/C9H18N2O.C6H12O2/c1-6-8(12)10-9(2,3)7-11(4)5;1-2-3-4-5-6(7)8/h6H,1,7H2,2-5H3,(H,10,12);2-5H2,1H3,(H,7,8). The molecule has 0 rings (SSSR count). The third-order valence-corrected chi connectivity index (χ3v) is 2.35. The van der Waals surface area contributed by atoms with Crippen LogP contribution in [0.5, 0.6) is 0 Å². The molecule has 0 aliphatic carbocycles. The number of hydrogen-bond donors (Lipinski definition) is 2. The topological polar surface area (TPSA) is 69.6 Å². The largest absolute Gasteiger partial charge is 0.481 e. The highest BCUT2D eigenvalue weighted by atomic mass is 16.4. The number of nitrogens with zero attached hydrogens (tertiary/aromatic N) is 1. The summed E-state index contributed by atoms with van der Waals surface area (Å²) in [6, 6.07) is 0. The second kappa shape index (κ2) is 11.5. The minimum absolute atomic E-state index is 0.123. The third kappa shape index (κ3) is 16.6. The molecule has 5 heteroatoms. The lowest BCUT2D eigenvalue weighted by Crippen LogP contribution is -2.49. The molecule has 0 heterocycles. The van der Waals surface area contributed by atoms with E-state index in [1.54, 1.807) is 0 Å². The molecule has 0 bridgehead atoms. The Balaban J connectivity index is 0. The molecule has 0 saturated heterocycles. The van der Waals surface area contributed by atoms with E-state index in [4.69, 9.17) is 5.11 Å². The molecule has 0 fully saturated rings. The molecule has 0 aromatic rings. The SMILES string of the molecule is C=CC(=O)NC(C)(C)CN(C)C.CCCCCC(=O)O. The zero-order chi connectivity index (χ0) is 16.2. The fraction of sp³-hybridized carbons (Fsp3) is 0.733. The van der Waals surface area contributed by atoms with Gasteiger partial charge in [0.25, 0.3) is 0 Å². The van der Waals surface area contributed by atoms with Crippen molar-refractivity contribution in [1.82, 2.24) is 10.2 Å². The molecule has 0 aromatic heterocycles. The van der Waals surface area contributed by atoms with Crippen LogP contribution >= 0.6 is 0 Å². The normalized spacial score (nSPS) is 10.5. The van der Waals surface area contributed by atoms with Gasteiger partial charge in [0.2, 0.25) is 5.91 Å². The number of amides is 1. The fourth-order valence-corrected chi connectivity index (χ4v) is 1.74. The predicted octanol–water partition coefficient (Wildman–Crippen LogP) is 2.28. The van der Waals surface area contributed by atoms with Gasteiger partial charge in [0.15, 0.2) is 0 Å². The van der Waals surface area contributed by atoms with Crippen LogP contribution in [-0.2, 0) is 9.59 Å². The molecular weight excluding hydrogens is 256 g/mol. The number of rotatable bonds is 8. The van der Waals surface area contributed by atoms with Gasteiger partial charge in [-0.25, -0.2) is 0 Å². The number of hydrogen-bond acceptors (Lipinski definition) is 3. The third-order valence-electron chi connectivity index (χ3n) is 2.35. The fourth-order valence-electron chi connectivity index (χ4n) is 1.74. The van der Waals surface area contributed by atoms with Crippen molar-refractivity contribution >= 4 is 11.9 Å². The van der Waals surface area contributed by atoms with Gasteiger partial charge in [-0.3, -0.25) is 9.59 Å². The van der Waals surface area contributed by atoms with E-state index in [9.17, 15) is 9.59 Å². The van der Waals surface area contributed by atoms with Crippen molar-refractivity contribution in [1.29, 1.82) is 0 Å². The second-order valence-corrected chi connectivity index (χ2v) is 5.67. The van der Waals surface area contributed by atoms with E-state index in [0.29, 0.717) is 6.42 Å². The lowest BCUT2D eigenvalue weighted by molar-refractivity contribution is -0.137. The number of carbonyl (C=O) groups excluding carboxylic acids is 1.